The number of amides is 1. The van der Waals surface area contributed by atoms with Crippen LogP contribution in [-0.2, 0) is 9.59 Å². The number of carbonyl (C=O) groups excluding carboxylic acids is 1. The van der Waals surface area contributed by atoms with Gasteiger partial charge < -0.3 is 10.4 Å². The van der Waals surface area contributed by atoms with Crippen molar-refractivity contribution >= 4 is 23.6 Å². The van der Waals surface area contributed by atoms with Gasteiger partial charge in [-0.3, -0.25) is 9.59 Å². The van der Waals surface area contributed by atoms with E-state index >= 15 is 0 Å². The predicted molar refractivity (Wildman–Crippen MR) is 76.4 cm³/mol. The minimum Gasteiger partial charge on any atom is -0.481 e. The van der Waals surface area contributed by atoms with Gasteiger partial charge in [-0.25, -0.2) is 0 Å². The van der Waals surface area contributed by atoms with Crippen LogP contribution < -0.4 is 5.32 Å². The molecule has 1 rings (SSSR count). The minimum atomic E-state index is -0.901. The highest BCUT2D eigenvalue weighted by molar-refractivity contribution is 7.99. The molecule has 0 aliphatic carbocycles. The number of hydrogen-bond donors (Lipinski definition) is 2. The maximum absolute atomic E-state index is 11.6. The van der Waals surface area contributed by atoms with Crippen LogP contribution in [0.5, 0.6) is 0 Å². The van der Waals surface area contributed by atoms with Crippen molar-refractivity contribution in [2.24, 2.45) is 0 Å². The first-order valence-corrected chi connectivity index (χ1v) is 7.16. The van der Waals surface area contributed by atoms with Crippen LogP contribution in [0.25, 0.3) is 0 Å². The SMILES string of the molecule is Cc1ccc(SCCC(=O)NC(C)CC(=O)O)cc1. The van der Waals surface area contributed by atoms with Crippen LogP contribution in [0, 0.1) is 6.92 Å². The van der Waals surface area contributed by atoms with Crippen LogP contribution in [0.1, 0.15) is 25.3 Å². The largest absolute Gasteiger partial charge is 0.481 e. The maximum atomic E-state index is 11.6. The van der Waals surface area contributed by atoms with E-state index in [1.807, 2.05) is 31.2 Å². The van der Waals surface area contributed by atoms with E-state index in [-0.39, 0.29) is 18.4 Å². The third kappa shape index (κ3) is 6.86. The number of carboxylic acid groups (broad SMARTS) is 1. The smallest absolute Gasteiger partial charge is 0.305 e. The fourth-order valence-electron chi connectivity index (χ4n) is 1.56. The number of rotatable bonds is 7. The summed E-state index contributed by atoms with van der Waals surface area (Å²) in [7, 11) is 0. The van der Waals surface area contributed by atoms with Crippen molar-refractivity contribution in [3.63, 3.8) is 0 Å². The number of aryl methyl sites for hydroxylation is 1. The van der Waals surface area contributed by atoms with E-state index in [0.29, 0.717) is 12.2 Å². The fourth-order valence-corrected chi connectivity index (χ4v) is 2.41. The molecule has 0 aromatic heterocycles. The minimum absolute atomic E-state index is 0.0448. The van der Waals surface area contributed by atoms with Crippen LogP contribution in [0.15, 0.2) is 29.2 Å². The topological polar surface area (TPSA) is 66.4 Å². The zero-order valence-corrected chi connectivity index (χ0v) is 12.0. The number of thioether (sulfide) groups is 1. The summed E-state index contributed by atoms with van der Waals surface area (Å²) in [6, 6.07) is 7.82. The molecule has 0 saturated carbocycles. The van der Waals surface area contributed by atoms with Crippen LogP contribution >= 0.6 is 11.8 Å². The van der Waals surface area contributed by atoms with Crippen molar-refractivity contribution in [1.29, 1.82) is 0 Å². The Balaban J connectivity index is 2.23. The van der Waals surface area contributed by atoms with Crippen molar-refractivity contribution in [1.82, 2.24) is 5.32 Å². The molecule has 0 aliphatic heterocycles. The molecule has 2 N–H and O–H groups in total. The summed E-state index contributed by atoms with van der Waals surface area (Å²) in [5, 5.41) is 11.3. The van der Waals surface area contributed by atoms with E-state index in [2.05, 4.69) is 5.32 Å². The molecule has 1 aromatic rings. The number of aliphatic carboxylic acids is 1. The summed E-state index contributed by atoms with van der Waals surface area (Å²) in [5.41, 5.74) is 1.21. The van der Waals surface area contributed by atoms with Crippen LogP contribution in [-0.4, -0.2) is 28.8 Å². The van der Waals surface area contributed by atoms with Crippen molar-refractivity contribution in [3.8, 4) is 0 Å². The normalized spacial score (nSPS) is 11.9. The van der Waals surface area contributed by atoms with Gasteiger partial charge in [-0.2, -0.15) is 0 Å². The number of hydrogen-bond acceptors (Lipinski definition) is 3. The van der Waals surface area contributed by atoms with Gasteiger partial charge in [-0.1, -0.05) is 17.7 Å². The molecular weight excluding hydrogens is 262 g/mol. The van der Waals surface area contributed by atoms with E-state index in [1.165, 1.54) is 5.56 Å². The van der Waals surface area contributed by atoms with Crippen LogP contribution in [0.4, 0.5) is 0 Å². The van der Waals surface area contributed by atoms with Gasteiger partial charge >= 0.3 is 5.97 Å². The Labute approximate surface area is 117 Å². The van der Waals surface area contributed by atoms with Crippen molar-refractivity contribution in [2.75, 3.05) is 5.75 Å². The molecule has 0 heterocycles. The Kier molecular flexibility index (Phi) is 6.42. The summed E-state index contributed by atoms with van der Waals surface area (Å²) in [6.45, 7) is 3.73. The Morgan fingerprint density at radius 1 is 1.32 bits per heavy atom. The molecular formula is C14H19NO3S. The average molecular weight is 281 g/mol. The van der Waals surface area contributed by atoms with Gasteiger partial charge in [-0.15, -0.1) is 11.8 Å². The summed E-state index contributed by atoms with van der Waals surface area (Å²) < 4.78 is 0. The van der Waals surface area contributed by atoms with Gasteiger partial charge in [0.1, 0.15) is 0 Å². The second-order valence-corrected chi connectivity index (χ2v) is 5.65. The van der Waals surface area contributed by atoms with E-state index in [0.717, 1.165) is 4.90 Å². The highest BCUT2D eigenvalue weighted by atomic mass is 32.2. The lowest BCUT2D eigenvalue weighted by Crippen LogP contribution is -2.34. The molecule has 1 amide bonds. The number of carbonyl (C=O) groups is 2. The molecule has 0 saturated heterocycles. The summed E-state index contributed by atoms with van der Waals surface area (Å²) in [4.78, 5) is 23.2. The first-order valence-electron chi connectivity index (χ1n) is 6.18. The molecule has 0 aliphatic rings. The summed E-state index contributed by atoms with van der Waals surface area (Å²) >= 11 is 1.62. The lowest BCUT2D eigenvalue weighted by atomic mass is 10.2. The molecule has 4 nitrogen and oxygen atoms in total. The summed E-state index contributed by atoms with van der Waals surface area (Å²) in [5.74, 6) is -0.315. The quantitative estimate of drug-likeness (QED) is 0.753. The zero-order chi connectivity index (χ0) is 14.3. The standard InChI is InChI=1S/C14H19NO3S/c1-10-3-5-12(6-4-10)19-8-7-13(16)15-11(2)9-14(17)18/h3-6,11H,7-9H2,1-2H3,(H,15,16)(H,17,18). The number of benzene rings is 1. The summed E-state index contributed by atoms with van der Waals surface area (Å²) in [6.07, 6.45) is 0.347. The molecule has 104 valence electrons. The molecule has 1 atom stereocenters. The van der Waals surface area contributed by atoms with Crippen molar-refractivity contribution in [2.45, 2.75) is 37.6 Å². The Morgan fingerprint density at radius 2 is 1.95 bits per heavy atom. The third-order valence-electron chi connectivity index (χ3n) is 2.51. The molecule has 1 unspecified atom stereocenters. The van der Waals surface area contributed by atoms with Crippen LogP contribution in [0.3, 0.4) is 0 Å². The lowest BCUT2D eigenvalue weighted by molar-refractivity contribution is -0.137. The first-order chi connectivity index (χ1) is 8.97. The average Bonchev–Trinajstić information content (AvgIpc) is 2.30. The lowest BCUT2D eigenvalue weighted by Gasteiger charge is -2.11. The van der Waals surface area contributed by atoms with Crippen LogP contribution in [0.2, 0.25) is 0 Å². The number of carboxylic acids is 1. The zero-order valence-electron chi connectivity index (χ0n) is 11.2. The van der Waals surface area contributed by atoms with Gasteiger partial charge in [0, 0.05) is 23.1 Å². The second-order valence-electron chi connectivity index (χ2n) is 4.48. The number of nitrogens with one attached hydrogen (secondary N) is 1. The molecule has 0 spiro atoms. The van der Waals surface area contributed by atoms with Gasteiger partial charge in [0.05, 0.1) is 6.42 Å². The van der Waals surface area contributed by atoms with Crippen molar-refractivity contribution < 1.29 is 14.7 Å². The Morgan fingerprint density at radius 3 is 2.53 bits per heavy atom. The Hall–Kier alpha value is -1.49. The third-order valence-corrected chi connectivity index (χ3v) is 3.52. The first kappa shape index (κ1) is 15.6. The van der Waals surface area contributed by atoms with E-state index < -0.39 is 5.97 Å². The molecule has 5 heteroatoms. The predicted octanol–water partition coefficient (Wildman–Crippen LogP) is 2.46. The fraction of sp³-hybridized carbons (Fsp3) is 0.429. The second kappa shape index (κ2) is 7.84. The molecule has 0 fully saturated rings. The maximum Gasteiger partial charge on any atom is 0.305 e. The van der Waals surface area contributed by atoms with Crippen molar-refractivity contribution in [3.05, 3.63) is 29.8 Å². The van der Waals surface area contributed by atoms with E-state index in [9.17, 15) is 9.59 Å². The van der Waals surface area contributed by atoms with Gasteiger partial charge in [0.2, 0.25) is 5.91 Å². The van der Waals surface area contributed by atoms with E-state index in [4.69, 9.17) is 5.11 Å². The monoisotopic (exact) mass is 281 g/mol. The highest BCUT2D eigenvalue weighted by Crippen LogP contribution is 2.18. The van der Waals surface area contributed by atoms with Gasteiger partial charge in [0.25, 0.3) is 0 Å². The van der Waals surface area contributed by atoms with E-state index in [1.54, 1.807) is 18.7 Å². The molecule has 19 heavy (non-hydrogen) atoms. The molecule has 1 aromatic carbocycles. The Bertz CT molecular complexity index is 431. The van der Waals surface area contributed by atoms with Gasteiger partial charge in [0.15, 0.2) is 0 Å². The highest BCUT2D eigenvalue weighted by Gasteiger charge is 2.10. The molecule has 0 radical (unpaired) electrons. The molecule has 0 bridgehead atoms. The van der Waals surface area contributed by atoms with Gasteiger partial charge in [-0.05, 0) is 26.0 Å².